The molecule has 1 saturated heterocycles. The Balaban J connectivity index is 1.63. The van der Waals surface area contributed by atoms with Gasteiger partial charge in [-0.25, -0.2) is 14.4 Å². The van der Waals surface area contributed by atoms with E-state index in [0.717, 1.165) is 18.5 Å². The number of amides is 2. The van der Waals surface area contributed by atoms with Gasteiger partial charge in [0.05, 0.1) is 24.5 Å². The highest BCUT2D eigenvalue weighted by molar-refractivity contribution is 5.94. The summed E-state index contributed by atoms with van der Waals surface area (Å²) in [6.07, 6.45) is 3.89. The summed E-state index contributed by atoms with van der Waals surface area (Å²) in [6.45, 7) is 11.1. The first-order valence-electron chi connectivity index (χ1n) is 12.6. The third-order valence-electron chi connectivity index (χ3n) is 6.76. The van der Waals surface area contributed by atoms with Crippen LogP contribution in [0, 0.1) is 5.82 Å². The summed E-state index contributed by atoms with van der Waals surface area (Å²) < 4.78 is 19.6. The minimum atomic E-state index is -0.413. The van der Waals surface area contributed by atoms with Crippen molar-refractivity contribution in [2.75, 3.05) is 62.3 Å². The van der Waals surface area contributed by atoms with Crippen molar-refractivity contribution in [2.24, 2.45) is 0 Å². The molecule has 0 atom stereocenters. The molecule has 36 heavy (non-hydrogen) atoms. The van der Waals surface area contributed by atoms with Crippen molar-refractivity contribution in [3.8, 4) is 0 Å². The lowest BCUT2D eigenvalue weighted by Gasteiger charge is -2.30. The van der Waals surface area contributed by atoms with Crippen LogP contribution in [0.5, 0.6) is 0 Å². The fourth-order valence-corrected chi connectivity index (χ4v) is 4.68. The Morgan fingerprint density at radius 3 is 2.39 bits per heavy atom. The lowest BCUT2D eigenvalue weighted by molar-refractivity contribution is -0.116. The Hall–Kier alpha value is -3.11. The van der Waals surface area contributed by atoms with Crippen LogP contribution in [0.1, 0.15) is 43.1 Å². The summed E-state index contributed by atoms with van der Waals surface area (Å²) >= 11 is 0. The zero-order chi connectivity index (χ0) is 25.7. The van der Waals surface area contributed by atoms with Gasteiger partial charge in [0.2, 0.25) is 11.9 Å². The molecule has 0 radical (unpaired) electrons. The molecule has 0 spiro atoms. The highest BCUT2D eigenvalue weighted by Crippen LogP contribution is 2.26. The second kappa shape index (κ2) is 11.7. The first-order chi connectivity index (χ1) is 17.3. The summed E-state index contributed by atoms with van der Waals surface area (Å²) in [5.41, 5.74) is 1.63. The van der Waals surface area contributed by atoms with Gasteiger partial charge in [-0.2, -0.15) is 0 Å². The number of carbonyl (C=O) groups is 2. The number of carbonyl (C=O) groups excluding carboxylic acids is 2. The zero-order valence-corrected chi connectivity index (χ0v) is 21.3. The average Bonchev–Trinajstić information content (AvgIpc) is 2.91. The maximum Gasteiger partial charge on any atom is 0.257 e. The number of hydrogen-bond acceptors (Lipinski definition) is 7. The SMILES string of the molecule is CC(=O)N1CCCN(C(C)C)CCN(C(=O)c2cnc(N3CCOCC3)nc2)Cc2ccc(F)cc21. The molecule has 1 fully saturated rings. The van der Waals surface area contributed by atoms with Crippen LogP contribution >= 0.6 is 0 Å². The number of nitrogens with zero attached hydrogens (tertiary/aromatic N) is 6. The zero-order valence-electron chi connectivity index (χ0n) is 21.3. The minimum Gasteiger partial charge on any atom is -0.378 e. The van der Waals surface area contributed by atoms with E-state index in [2.05, 4.69) is 28.7 Å². The second-order valence-electron chi connectivity index (χ2n) is 9.52. The Labute approximate surface area is 211 Å². The van der Waals surface area contributed by atoms with E-state index < -0.39 is 5.82 Å². The van der Waals surface area contributed by atoms with Gasteiger partial charge in [0, 0.05) is 71.2 Å². The smallest absolute Gasteiger partial charge is 0.257 e. The van der Waals surface area contributed by atoms with E-state index in [1.165, 1.54) is 19.1 Å². The molecule has 2 aliphatic rings. The van der Waals surface area contributed by atoms with Crippen LogP contribution in [0.4, 0.5) is 16.0 Å². The van der Waals surface area contributed by atoms with E-state index in [0.29, 0.717) is 63.1 Å². The molecule has 10 heteroatoms. The molecule has 194 valence electrons. The Kier molecular flexibility index (Phi) is 8.48. The molecule has 3 heterocycles. The van der Waals surface area contributed by atoms with Crippen molar-refractivity contribution < 1.29 is 18.7 Å². The molecule has 0 aliphatic carbocycles. The van der Waals surface area contributed by atoms with E-state index in [9.17, 15) is 14.0 Å². The van der Waals surface area contributed by atoms with E-state index in [-0.39, 0.29) is 24.4 Å². The topological polar surface area (TPSA) is 82.1 Å². The number of ether oxygens (including phenoxy) is 1. The predicted molar refractivity (Wildman–Crippen MR) is 136 cm³/mol. The van der Waals surface area contributed by atoms with Gasteiger partial charge in [-0.15, -0.1) is 0 Å². The van der Waals surface area contributed by atoms with Crippen LogP contribution in [0.2, 0.25) is 0 Å². The van der Waals surface area contributed by atoms with Gasteiger partial charge in [0.15, 0.2) is 0 Å². The quantitative estimate of drug-likeness (QED) is 0.643. The van der Waals surface area contributed by atoms with Gasteiger partial charge in [-0.05, 0) is 38.0 Å². The third kappa shape index (κ3) is 6.17. The second-order valence-corrected chi connectivity index (χ2v) is 9.52. The van der Waals surface area contributed by atoms with Gasteiger partial charge in [-0.1, -0.05) is 6.07 Å². The molecule has 0 saturated carbocycles. The predicted octanol–water partition coefficient (Wildman–Crippen LogP) is 2.56. The van der Waals surface area contributed by atoms with Crippen LogP contribution < -0.4 is 9.80 Å². The van der Waals surface area contributed by atoms with Crippen LogP contribution in [0.3, 0.4) is 0 Å². The van der Waals surface area contributed by atoms with Gasteiger partial charge in [0.25, 0.3) is 5.91 Å². The van der Waals surface area contributed by atoms with Crippen molar-refractivity contribution in [2.45, 2.75) is 39.8 Å². The van der Waals surface area contributed by atoms with E-state index in [1.54, 1.807) is 28.3 Å². The summed E-state index contributed by atoms with van der Waals surface area (Å²) in [5, 5.41) is 0. The van der Waals surface area contributed by atoms with Gasteiger partial charge < -0.3 is 19.4 Å². The fourth-order valence-electron chi connectivity index (χ4n) is 4.68. The molecule has 0 bridgehead atoms. The third-order valence-corrected chi connectivity index (χ3v) is 6.76. The van der Waals surface area contributed by atoms with Gasteiger partial charge >= 0.3 is 0 Å². The highest BCUT2D eigenvalue weighted by atomic mass is 19.1. The Morgan fingerprint density at radius 2 is 1.72 bits per heavy atom. The maximum absolute atomic E-state index is 14.3. The van der Waals surface area contributed by atoms with E-state index in [1.807, 2.05) is 4.90 Å². The Morgan fingerprint density at radius 1 is 1.00 bits per heavy atom. The molecule has 2 aromatic rings. The normalized spacial score (nSPS) is 18.1. The fraction of sp³-hybridized carbons (Fsp3) is 0.538. The number of hydrogen-bond donors (Lipinski definition) is 0. The number of rotatable bonds is 3. The molecule has 0 unspecified atom stereocenters. The molecule has 0 N–H and O–H groups in total. The average molecular weight is 499 g/mol. The molecule has 4 rings (SSSR count). The summed E-state index contributed by atoms with van der Waals surface area (Å²) in [6, 6.07) is 4.71. The first kappa shape index (κ1) is 26.0. The van der Waals surface area contributed by atoms with E-state index >= 15 is 0 Å². The van der Waals surface area contributed by atoms with Crippen molar-refractivity contribution >= 4 is 23.5 Å². The number of morpholine rings is 1. The van der Waals surface area contributed by atoms with Gasteiger partial charge in [-0.3, -0.25) is 14.5 Å². The first-order valence-corrected chi connectivity index (χ1v) is 12.6. The molecule has 9 nitrogen and oxygen atoms in total. The molecular formula is C26H35FN6O3. The number of fused-ring (bicyclic) bond motifs is 1. The van der Waals surface area contributed by atoms with Crippen molar-refractivity contribution in [3.05, 3.63) is 47.5 Å². The minimum absolute atomic E-state index is 0.151. The molecule has 1 aromatic heterocycles. The maximum atomic E-state index is 14.3. The molecule has 2 aliphatic heterocycles. The lowest BCUT2D eigenvalue weighted by atomic mass is 10.1. The van der Waals surface area contributed by atoms with E-state index in [4.69, 9.17) is 4.74 Å². The van der Waals surface area contributed by atoms with Crippen molar-refractivity contribution in [1.82, 2.24) is 19.8 Å². The van der Waals surface area contributed by atoms with Crippen LogP contribution in [-0.4, -0.2) is 90.1 Å². The van der Waals surface area contributed by atoms with Crippen LogP contribution in [-0.2, 0) is 16.1 Å². The monoisotopic (exact) mass is 498 g/mol. The van der Waals surface area contributed by atoms with Crippen LogP contribution in [0.15, 0.2) is 30.6 Å². The standard InChI is InChI=1S/C26H35FN6O3/c1-19(2)30-7-4-8-33(20(3)34)24-15-23(27)6-5-21(24)18-32(10-9-30)25(35)22-16-28-26(29-17-22)31-11-13-36-14-12-31/h5-6,15-17,19H,4,7-14,18H2,1-3H3. The largest absolute Gasteiger partial charge is 0.378 e. The molecule has 2 amide bonds. The molecule has 1 aromatic carbocycles. The summed E-state index contributed by atoms with van der Waals surface area (Å²) in [7, 11) is 0. The van der Waals surface area contributed by atoms with Crippen molar-refractivity contribution in [1.29, 1.82) is 0 Å². The summed E-state index contributed by atoms with van der Waals surface area (Å²) in [4.78, 5) is 42.7. The highest BCUT2D eigenvalue weighted by Gasteiger charge is 2.25. The van der Waals surface area contributed by atoms with Crippen LogP contribution in [0.25, 0.3) is 0 Å². The number of benzene rings is 1. The van der Waals surface area contributed by atoms with Gasteiger partial charge in [0.1, 0.15) is 5.82 Å². The number of anilines is 2. The number of aromatic nitrogens is 2. The van der Waals surface area contributed by atoms with Crippen molar-refractivity contribution in [3.63, 3.8) is 0 Å². The Bertz CT molecular complexity index is 1060. The number of halogens is 1. The lowest BCUT2D eigenvalue weighted by Crippen LogP contribution is -2.41. The molecular weight excluding hydrogens is 463 g/mol. The summed E-state index contributed by atoms with van der Waals surface area (Å²) in [5.74, 6) is -0.182.